The van der Waals surface area contributed by atoms with Gasteiger partial charge in [0, 0.05) is 41.3 Å². The maximum atomic E-state index is 13.5. The molecule has 11 heteroatoms. The summed E-state index contributed by atoms with van der Waals surface area (Å²) in [5.74, 6) is -3.45. The van der Waals surface area contributed by atoms with Crippen LogP contribution in [0.1, 0.15) is 48.1 Å². The minimum atomic E-state index is -1.16. The Labute approximate surface area is 222 Å². The Bertz CT molecular complexity index is 1420. The second-order valence-electron chi connectivity index (χ2n) is 9.76. The van der Waals surface area contributed by atoms with Crippen LogP contribution in [0.25, 0.3) is 22.0 Å². The van der Waals surface area contributed by atoms with Gasteiger partial charge in [0.15, 0.2) is 17.4 Å². The number of phenolic OH excluding ortho intramolecular Hbond substituents is 1. The molecule has 1 fully saturated rings. The number of aromatic nitrogens is 4. The second kappa shape index (κ2) is 11.1. The zero-order chi connectivity index (χ0) is 26.8. The molecule has 1 atom stereocenters. The largest absolute Gasteiger partial charge is 0.503 e. The third-order valence-electron chi connectivity index (χ3n) is 7.24. The van der Waals surface area contributed by atoms with E-state index in [0.29, 0.717) is 6.54 Å². The number of nitrogens with one attached hydrogen (secondary N) is 1. The van der Waals surface area contributed by atoms with Crippen molar-refractivity contribution in [3.05, 3.63) is 66.1 Å². The van der Waals surface area contributed by atoms with Crippen molar-refractivity contribution < 1.29 is 23.8 Å². The highest BCUT2D eigenvalue weighted by Gasteiger charge is 2.24. The molecule has 0 radical (unpaired) electrons. The summed E-state index contributed by atoms with van der Waals surface area (Å²) in [6.45, 7) is 0.329. The number of aliphatic hydroxyl groups excluding tert-OH is 1. The van der Waals surface area contributed by atoms with Crippen LogP contribution in [0.2, 0.25) is 0 Å². The molecule has 38 heavy (non-hydrogen) atoms. The lowest BCUT2D eigenvalue weighted by Crippen LogP contribution is -2.31. The fourth-order valence-corrected chi connectivity index (χ4v) is 5.18. The predicted molar refractivity (Wildman–Crippen MR) is 139 cm³/mol. The van der Waals surface area contributed by atoms with Crippen molar-refractivity contribution in [2.24, 2.45) is 5.92 Å². The van der Waals surface area contributed by atoms with E-state index in [9.17, 15) is 23.8 Å². The van der Waals surface area contributed by atoms with Crippen LogP contribution in [-0.4, -0.2) is 54.7 Å². The van der Waals surface area contributed by atoms with Crippen molar-refractivity contribution in [1.29, 1.82) is 0 Å². The first kappa shape index (κ1) is 26.1. The zero-order valence-corrected chi connectivity index (χ0v) is 21.3. The molecule has 1 amide bonds. The molecule has 5 rings (SSSR count). The van der Waals surface area contributed by atoms with Crippen LogP contribution in [0, 0.1) is 17.6 Å². The minimum absolute atomic E-state index is 0.0823. The number of aliphatic hydroxyl groups is 1. The highest BCUT2D eigenvalue weighted by atomic mass is 35.5. The standard InChI is InChI=1S/C27H28ClF2N5O3/c28-10-22(15-36)34-14-20(12-32-34)17-3-4-18-13-35(33-25(18)9-17)21-5-1-16(2-6-21)11-31-27(38)19-7-23(29)26(37)24(30)8-19/h3-4,7-9,12-14,16,21-22,36-37H,1-2,5-6,10-11,15H2,(H,31,38). The van der Waals surface area contributed by atoms with Gasteiger partial charge in [0.05, 0.1) is 30.4 Å². The van der Waals surface area contributed by atoms with Gasteiger partial charge >= 0.3 is 0 Å². The lowest BCUT2D eigenvalue weighted by molar-refractivity contribution is 0.0940. The molecule has 2 aromatic carbocycles. The third kappa shape index (κ3) is 5.37. The van der Waals surface area contributed by atoms with Gasteiger partial charge in [-0.15, -0.1) is 11.6 Å². The van der Waals surface area contributed by atoms with Crippen LogP contribution < -0.4 is 5.32 Å². The summed E-state index contributed by atoms with van der Waals surface area (Å²) in [5, 5.41) is 31.6. The second-order valence-corrected chi connectivity index (χ2v) is 10.1. The van der Waals surface area contributed by atoms with Gasteiger partial charge in [-0.05, 0) is 55.4 Å². The van der Waals surface area contributed by atoms with E-state index in [0.717, 1.165) is 59.8 Å². The average molecular weight is 544 g/mol. The molecule has 2 heterocycles. The summed E-state index contributed by atoms with van der Waals surface area (Å²) < 4.78 is 30.8. The van der Waals surface area contributed by atoms with Gasteiger partial charge in [-0.1, -0.05) is 12.1 Å². The molecule has 200 valence electrons. The number of aromatic hydroxyl groups is 1. The Morgan fingerprint density at radius 1 is 1.11 bits per heavy atom. The molecule has 4 aromatic rings. The van der Waals surface area contributed by atoms with Crippen LogP contribution in [0.3, 0.4) is 0 Å². The average Bonchev–Trinajstić information content (AvgIpc) is 3.58. The van der Waals surface area contributed by atoms with E-state index in [4.69, 9.17) is 16.7 Å². The molecule has 1 aliphatic carbocycles. The number of amides is 1. The molecule has 0 aliphatic heterocycles. The number of fused-ring (bicyclic) bond motifs is 1. The number of halogens is 3. The number of nitrogens with zero attached hydrogens (tertiary/aromatic N) is 4. The van der Waals surface area contributed by atoms with E-state index in [1.165, 1.54) is 0 Å². The molecule has 8 nitrogen and oxygen atoms in total. The van der Waals surface area contributed by atoms with E-state index in [1.807, 2.05) is 29.1 Å². The summed E-state index contributed by atoms with van der Waals surface area (Å²) in [4.78, 5) is 12.3. The molecule has 2 aromatic heterocycles. The van der Waals surface area contributed by atoms with Crippen LogP contribution >= 0.6 is 11.6 Å². The number of carbonyl (C=O) groups is 1. The van der Waals surface area contributed by atoms with Gasteiger partial charge in [0.2, 0.25) is 0 Å². The maximum Gasteiger partial charge on any atom is 0.251 e. The van der Waals surface area contributed by atoms with Gasteiger partial charge < -0.3 is 15.5 Å². The number of rotatable bonds is 8. The zero-order valence-electron chi connectivity index (χ0n) is 20.5. The van der Waals surface area contributed by atoms with Gasteiger partial charge in [0.25, 0.3) is 5.91 Å². The topological polar surface area (TPSA) is 105 Å². The van der Waals surface area contributed by atoms with Crippen LogP contribution in [0.4, 0.5) is 8.78 Å². The molecule has 0 spiro atoms. The summed E-state index contributed by atoms with van der Waals surface area (Å²) in [6, 6.07) is 7.72. The van der Waals surface area contributed by atoms with Crippen LogP contribution in [0.15, 0.2) is 48.9 Å². The van der Waals surface area contributed by atoms with E-state index in [2.05, 4.69) is 16.6 Å². The number of phenols is 1. The normalized spacial score (nSPS) is 18.5. The van der Waals surface area contributed by atoms with Crippen molar-refractivity contribution in [2.75, 3.05) is 19.0 Å². The number of hydrogen-bond donors (Lipinski definition) is 3. The van der Waals surface area contributed by atoms with Gasteiger partial charge in [0.1, 0.15) is 0 Å². The van der Waals surface area contributed by atoms with E-state index >= 15 is 0 Å². The number of benzene rings is 2. The van der Waals surface area contributed by atoms with Gasteiger partial charge in [-0.3, -0.25) is 14.2 Å². The van der Waals surface area contributed by atoms with Crippen LogP contribution in [0.5, 0.6) is 5.75 Å². The maximum absolute atomic E-state index is 13.5. The molecular weight excluding hydrogens is 516 g/mol. The van der Waals surface area contributed by atoms with Crippen molar-refractivity contribution >= 4 is 28.4 Å². The molecule has 0 saturated heterocycles. The number of alkyl halides is 1. The van der Waals surface area contributed by atoms with Crippen molar-refractivity contribution in [1.82, 2.24) is 24.9 Å². The van der Waals surface area contributed by atoms with E-state index in [-0.39, 0.29) is 36.1 Å². The monoisotopic (exact) mass is 543 g/mol. The lowest BCUT2D eigenvalue weighted by Gasteiger charge is -2.28. The molecular formula is C27H28ClF2N5O3. The molecule has 3 N–H and O–H groups in total. The molecule has 0 bridgehead atoms. The Morgan fingerprint density at radius 2 is 1.84 bits per heavy atom. The number of hydrogen-bond acceptors (Lipinski definition) is 5. The van der Waals surface area contributed by atoms with Crippen molar-refractivity contribution in [3.8, 4) is 16.9 Å². The van der Waals surface area contributed by atoms with Gasteiger partial charge in [-0.2, -0.15) is 10.2 Å². The van der Waals surface area contributed by atoms with Gasteiger partial charge in [-0.25, -0.2) is 8.78 Å². The van der Waals surface area contributed by atoms with Crippen molar-refractivity contribution in [3.63, 3.8) is 0 Å². The predicted octanol–water partition coefficient (Wildman–Crippen LogP) is 4.82. The first-order chi connectivity index (χ1) is 18.4. The number of carbonyl (C=O) groups excluding carboxylic acids is 1. The first-order valence-electron chi connectivity index (χ1n) is 12.5. The fourth-order valence-electron chi connectivity index (χ4n) is 4.94. The fraction of sp³-hybridized carbons (Fsp3) is 0.370. The highest BCUT2D eigenvalue weighted by molar-refractivity contribution is 6.18. The summed E-state index contributed by atoms with van der Waals surface area (Å²) >= 11 is 5.91. The smallest absolute Gasteiger partial charge is 0.251 e. The SMILES string of the molecule is O=C(NCC1CCC(n2cc3ccc(-c4cnn(C(CO)CCl)c4)cc3n2)CC1)c1cc(F)c(O)c(F)c1. The Hall–Kier alpha value is -3.50. The van der Waals surface area contributed by atoms with Crippen LogP contribution in [-0.2, 0) is 0 Å². The Kier molecular flexibility index (Phi) is 7.62. The summed E-state index contributed by atoms with van der Waals surface area (Å²) in [5.41, 5.74) is 2.63. The highest BCUT2D eigenvalue weighted by Crippen LogP contribution is 2.33. The minimum Gasteiger partial charge on any atom is -0.503 e. The summed E-state index contributed by atoms with van der Waals surface area (Å²) in [6.07, 6.45) is 9.25. The summed E-state index contributed by atoms with van der Waals surface area (Å²) in [7, 11) is 0. The molecule has 1 aliphatic rings. The van der Waals surface area contributed by atoms with Crippen molar-refractivity contribution in [2.45, 2.75) is 37.8 Å². The van der Waals surface area contributed by atoms with E-state index in [1.54, 1.807) is 10.9 Å². The quantitative estimate of drug-likeness (QED) is 0.276. The third-order valence-corrected chi connectivity index (χ3v) is 7.60. The Morgan fingerprint density at radius 3 is 2.53 bits per heavy atom. The lowest BCUT2D eigenvalue weighted by atomic mass is 9.86. The molecule has 1 unspecified atom stereocenters. The Balaban J connectivity index is 1.19. The first-order valence-corrected chi connectivity index (χ1v) is 13.1. The van der Waals surface area contributed by atoms with E-state index < -0.39 is 23.3 Å². The molecule has 1 saturated carbocycles.